The molecule has 0 bridgehead atoms. The van der Waals surface area contributed by atoms with Gasteiger partial charge in [0.05, 0.1) is 6.54 Å². The third-order valence-corrected chi connectivity index (χ3v) is 2.44. The molecule has 2 rings (SSSR count). The number of hydrogen-bond donors (Lipinski definition) is 0. The van der Waals surface area contributed by atoms with E-state index in [9.17, 15) is 4.79 Å². The Labute approximate surface area is 110 Å². The maximum atomic E-state index is 12.0. The maximum Gasteiger partial charge on any atom is 0.416 e. The van der Waals surface area contributed by atoms with Crippen LogP contribution in [0.4, 0.5) is 10.6 Å². The van der Waals surface area contributed by atoms with Gasteiger partial charge in [0.2, 0.25) is 0 Å². The number of amides is 1. The lowest BCUT2D eigenvalue weighted by Gasteiger charge is -2.30. The van der Waals surface area contributed by atoms with Crippen LogP contribution in [0.15, 0.2) is 6.33 Å². The van der Waals surface area contributed by atoms with Crippen molar-refractivity contribution in [3.63, 3.8) is 0 Å². The number of ether oxygens (including phenoxy) is 2. The number of carbonyl (C=O) groups excluding carboxylic acids is 1. The molecule has 1 aliphatic rings. The monoisotopic (exact) mass is 271 g/mol. The first kappa shape index (κ1) is 12.9. The zero-order valence-corrected chi connectivity index (χ0v) is 11.2. The van der Waals surface area contributed by atoms with Crippen molar-refractivity contribution in [1.82, 2.24) is 9.97 Å². The molecule has 98 valence electrons. The fraction of sp³-hybridized carbons (Fsp3) is 0.545. The zero-order chi connectivity index (χ0) is 13.3. The first-order valence-electron chi connectivity index (χ1n) is 5.52. The number of anilines is 1. The molecule has 0 radical (unpaired) electrons. The van der Waals surface area contributed by atoms with Crippen molar-refractivity contribution in [2.45, 2.75) is 26.4 Å². The van der Waals surface area contributed by atoms with E-state index in [-0.39, 0.29) is 5.15 Å². The minimum Gasteiger partial charge on any atom is -0.485 e. The van der Waals surface area contributed by atoms with Crippen LogP contribution in [-0.4, -0.2) is 34.8 Å². The minimum atomic E-state index is -0.563. The standard InChI is InChI=1S/C11H14ClN3O3/c1-11(2,3)18-10(16)15-4-5-17-7-8(12)13-6-14-9(7)15/h6H,4-5H2,1-3H3. The second kappa shape index (κ2) is 4.61. The van der Waals surface area contributed by atoms with Crippen LogP contribution in [0.1, 0.15) is 20.8 Å². The van der Waals surface area contributed by atoms with E-state index >= 15 is 0 Å². The van der Waals surface area contributed by atoms with Crippen LogP contribution in [0.25, 0.3) is 0 Å². The van der Waals surface area contributed by atoms with Crippen LogP contribution in [0.5, 0.6) is 5.75 Å². The highest BCUT2D eigenvalue weighted by molar-refractivity contribution is 6.31. The summed E-state index contributed by atoms with van der Waals surface area (Å²) in [5.41, 5.74) is -0.563. The normalized spacial score (nSPS) is 14.8. The largest absolute Gasteiger partial charge is 0.485 e. The van der Waals surface area contributed by atoms with Crippen LogP contribution in [0, 0.1) is 0 Å². The lowest BCUT2D eigenvalue weighted by molar-refractivity contribution is 0.0566. The summed E-state index contributed by atoms with van der Waals surface area (Å²) in [4.78, 5) is 21.3. The second-order valence-corrected chi connectivity index (χ2v) is 5.16. The van der Waals surface area contributed by atoms with Gasteiger partial charge in [0.1, 0.15) is 18.5 Å². The number of nitrogens with zero attached hydrogens (tertiary/aromatic N) is 3. The van der Waals surface area contributed by atoms with E-state index in [0.717, 1.165) is 0 Å². The summed E-state index contributed by atoms with van der Waals surface area (Å²) < 4.78 is 10.7. The Morgan fingerprint density at radius 1 is 1.50 bits per heavy atom. The van der Waals surface area contributed by atoms with E-state index in [2.05, 4.69) is 9.97 Å². The molecule has 0 unspecified atom stereocenters. The molecule has 1 amide bonds. The Bertz CT molecular complexity index is 473. The van der Waals surface area contributed by atoms with Gasteiger partial charge in [0.25, 0.3) is 0 Å². The molecular formula is C11H14ClN3O3. The first-order valence-corrected chi connectivity index (χ1v) is 5.90. The van der Waals surface area contributed by atoms with E-state index in [1.165, 1.54) is 11.2 Å². The van der Waals surface area contributed by atoms with E-state index < -0.39 is 11.7 Å². The van der Waals surface area contributed by atoms with Gasteiger partial charge in [-0.2, -0.15) is 0 Å². The Morgan fingerprint density at radius 2 is 2.22 bits per heavy atom. The van der Waals surface area contributed by atoms with Crippen molar-refractivity contribution >= 4 is 23.5 Å². The van der Waals surface area contributed by atoms with E-state index in [1.807, 2.05) is 0 Å². The molecular weight excluding hydrogens is 258 g/mol. The SMILES string of the molecule is CC(C)(C)OC(=O)N1CCOc2c(Cl)ncnc21. The third-order valence-electron chi connectivity index (χ3n) is 2.17. The molecule has 7 heteroatoms. The number of carbonyl (C=O) groups is 1. The van der Waals surface area contributed by atoms with Crippen molar-refractivity contribution in [1.29, 1.82) is 0 Å². The molecule has 18 heavy (non-hydrogen) atoms. The summed E-state index contributed by atoms with van der Waals surface area (Å²) in [5.74, 6) is 0.659. The lowest BCUT2D eigenvalue weighted by atomic mass is 10.2. The first-order chi connectivity index (χ1) is 8.38. The van der Waals surface area contributed by atoms with Crippen LogP contribution >= 0.6 is 11.6 Å². The molecule has 0 aliphatic carbocycles. The van der Waals surface area contributed by atoms with Gasteiger partial charge in [-0.05, 0) is 20.8 Å². The zero-order valence-electron chi connectivity index (χ0n) is 10.4. The Morgan fingerprint density at radius 3 is 2.89 bits per heavy atom. The van der Waals surface area contributed by atoms with Crippen molar-refractivity contribution in [2.24, 2.45) is 0 Å². The number of hydrogen-bond acceptors (Lipinski definition) is 5. The summed E-state index contributed by atoms with van der Waals surface area (Å²) in [7, 11) is 0. The third kappa shape index (κ3) is 2.64. The molecule has 0 N–H and O–H groups in total. The molecule has 1 aliphatic heterocycles. The molecule has 0 spiro atoms. The van der Waals surface area contributed by atoms with Gasteiger partial charge in [-0.15, -0.1) is 0 Å². The van der Waals surface area contributed by atoms with Crippen LogP contribution in [-0.2, 0) is 4.74 Å². The molecule has 6 nitrogen and oxygen atoms in total. The van der Waals surface area contributed by atoms with Gasteiger partial charge in [-0.1, -0.05) is 11.6 Å². The Balaban J connectivity index is 2.28. The summed E-state index contributed by atoms with van der Waals surface area (Å²) in [6.07, 6.45) is 0.814. The summed E-state index contributed by atoms with van der Waals surface area (Å²) in [6, 6.07) is 0. The highest BCUT2D eigenvalue weighted by atomic mass is 35.5. The quantitative estimate of drug-likeness (QED) is 0.677. The predicted molar refractivity (Wildman–Crippen MR) is 66.1 cm³/mol. The molecule has 0 saturated heterocycles. The molecule has 0 saturated carbocycles. The van der Waals surface area contributed by atoms with Crippen LogP contribution in [0.3, 0.4) is 0 Å². The number of aromatic nitrogens is 2. The van der Waals surface area contributed by atoms with Gasteiger partial charge in [0.15, 0.2) is 16.7 Å². The topological polar surface area (TPSA) is 64.5 Å². The molecule has 0 atom stereocenters. The predicted octanol–water partition coefficient (Wildman–Crippen LogP) is 2.26. The van der Waals surface area contributed by atoms with Gasteiger partial charge in [0, 0.05) is 0 Å². The van der Waals surface area contributed by atoms with Gasteiger partial charge in [-0.3, -0.25) is 4.90 Å². The second-order valence-electron chi connectivity index (χ2n) is 4.80. The summed E-state index contributed by atoms with van der Waals surface area (Å²) >= 11 is 5.89. The molecule has 0 fully saturated rings. The summed E-state index contributed by atoms with van der Waals surface area (Å²) in [6.45, 7) is 6.12. The average molecular weight is 272 g/mol. The van der Waals surface area contributed by atoms with Crippen molar-refractivity contribution < 1.29 is 14.3 Å². The average Bonchev–Trinajstić information content (AvgIpc) is 2.26. The van der Waals surface area contributed by atoms with E-state index in [1.54, 1.807) is 20.8 Å². The molecule has 0 aromatic carbocycles. The van der Waals surface area contributed by atoms with Gasteiger partial charge in [-0.25, -0.2) is 14.8 Å². The number of halogens is 1. The Kier molecular flexibility index (Phi) is 3.30. The molecule has 2 heterocycles. The summed E-state index contributed by atoms with van der Waals surface area (Å²) in [5, 5.41) is 0.188. The molecule has 1 aromatic rings. The van der Waals surface area contributed by atoms with Gasteiger partial charge >= 0.3 is 6.09 Å². The van der Waals surface area contributed by atoms with Crippen molar-refractivity contribution in [2.75, 3.05) is 18.1 Å². The van der Waals surface area contributed by atoms with E-state index in [4.69, 9.17) is 21.1 Å². The van der Waals surface area contributed by atoms with Crippen molar-refractivity contribution in [3.05, 3.63) is 11.5 Å². The van der Waals surface area contributed by atoms with E-state index in [0.29, 0.717) is 24.7 Å². The van der Waals surface area contributed by atoms with Crippen LogP contribution in [0.2, 0.25) is 5.15 Å². The molecule has 1 aromatic heterocycles. The number of fused-ring (bicyclic) bond motifs is 1. The highest BCUT2D eigenvalue weighted by Gasteiger charge is 2.30. The Hall–Kier alpha value is -1.56. The van der Waals surface area contributed by atoms with Crippen LogP contribution < -0.4 is 9.64 Å². The maximum absolute atomic E-state index is 12.0. The fourth-order valence-corrected chi connectivity index (χ4v) is 1.68. The lowest BCUT2D eigenvalue weighted by Crippen LogP contribution is -2.42. The highest BCUT2D eigenvalue weighted by Crippen LogP contribution is 2.34. The fourth-order valence-electron chi connectivity index (χ4n) is 1.50. The minimum absolute atomic E-state index is 0.188. The number of rotatable bonds is 0. The van der Waals surface area contributed by atoms with Gasteiger partial charge < -0.3 is 9.47 Å². The van der Waals surface area contributed by atoms with Crippen molar-refractivity contribution in [3.8, 4) is 5.75 Å². The smallest absolute Gasteiger partial charge is 0.416 e.